The third kappa shape index (κ3) is 12.9. The van der Waals surface area contributed by atoms with E-state index < -0.39 is 58.8 Å². The molecule has 4 N–H and O–H groups in total. The number of halogens is 3. The summed E-state index contributed by atoms with van der Waals surface area (Å²) in [6, 6.07) is 15.1. The van der Waals surface area contributed by atoms with Gasteiger partial charge in [0, 0.05) is 73.0 Å². The fourth-order valence-electron chi connectivity index (χ4n) is 9.44. The maximum atomic E-state index is 16.0. The molecule has 2 aromatic heterocycles. The van der Waals surface area contributed by atoms with E-state index in [1.165, 1.54) is 30.9 Å². The first-order chi connectivity index (χ1) is 33.3. The van der Waals surface area contributed by atoms with Crippen molar-refractivity contribution in [3.63, 3.8) is 0 Å². The number of carbonyl (C=O) groups excluding carboxylic acids is 3. The van der Waals surface area contributed by atoms with Gasteiger partial charge in [-0.25, -0.2) is 18.2 Å². The molecular formula is C53H67F3N6O7S. The number of ether oxygens (including phenoxy) is 3. The molecule has 0 bridgehead atoms. The zero-order chi connectivity index (χ0) is 50.3. The SMILES string of the molecule is Cc1ncsc1-c1ccc(CNC(=O)[C@@H]2C[C@@H](O)CN2C(=O)[C@@H](NC(=O)COCCOCCCCCOc2cc(F)c([C@@H]3c4[nH]c5ccccc5c4C[C@@H](C)N3CC(C)(C)F)c(F)c2)C(C)(C)C)cc1. The number of fused-ring (bicyclic) bond motifs is 3. The molecule has 17 heteroatoms. The second-order valence-electron chi connectivity index (χ2n) is 20.2. The van der Waals surface area contributed by atoms with Gasteiger partial charge in [0.1, 0.15) is 41.7 Å². The number of benzene rings is 3. The molecule has 3 amide bonds. The standard InChI is InChI=1S/C53H67F3N6O7S/c1-32-23-39-38-13-9-10-14-42(38)59-46(39)47(62(32)30-53(6,7)56)45-40(54)25-37(26-41(45)55)69-20-12-8-11-19-67-21-22-68-29-44(64)60-49(52(3,4)5)51(66)61-28-36(63)24-43(61)50(65)57-27-34-15-17-35(18-16-34)48-33(2)58-31-70-48/h9-10,13-18,25-26,31-32,36,43,47,49,59,63H,8,11-12,19-24,27-30H2,1-7H3,(H,57,65)(H,60,64)/t32-,36-,43+,47-,49-/m1/s1. The number of hydrogen-bond acceptors (Lipinski definition) is 10. The molecule has 0 radical (unpaired) electrons. The van der Waals surface area contributed by atoms with Crippen LogP contribution >= 0.6 is 11.3 Å². The molecule has 0 saturated carbocycles. The molecule has 2 aliphatic heterocycles. The number of para-hydroxylation sites is 1. The fourth-order valence-corrected chi connectivity index (χ4v) is 10.3. The molecule has 2 aliphatic rings. The molecule has 3 aromatic carbocycles. The predicted molar refractivity (Wildman–Crippen MR) is 264 cm³/mol. The van der Waals surface area contributed by atoms with Gasteiger partial charge in [-0.2, -0.15) is 0 Å². The van der Waals surface area contributed by atoms with Crippen LogP contribution in [-0.2, 0) is 36.8 Å². The maximum absolute atomic E-state index is 16.0. The van der Waals surface area contributed by atoms with E-state index in [0.29, 0.717) is 31.6 Å². The van der Waals surface area contributed by atoms with Gasteiger partial charge < -0.3 is 39.8 Å². The van der Waals surface area contributed by atoms with Gasteiger partial charge in [-0.15, -0.1) is 11.3 Å². The highest BCUT2D eigenvalue weighted by atomic mass is 32.1. The van der Waals surface area contributed by atoms with Gasteiger partial charge in [0.25, 0.3) is 0 Å². The normalized spacial score (nSPS) is 19.0. The third-order valence-electron chi connectivity index (χ3n) is 12.9. The first kappa shape index (κ1) is 52.5. The summed E-state index contributed by atoms with van der Waals surface area (Å²) < 4.78 is 64.2. The number of nitrogens with one attached hydrogen (secondary N) is 3. The summed E-state index contributed by atoms with van der Waals surface area (Å²) in [5.41, 5.74) is 4.73. The van der Waals surface area contributed by atoms with E-state index in [4.69, 9.17) is 14.2 Å². The maximum Gasteiger partial charge on any atom is 0.246 e. The van der Waals surface area contributed by atoms with Crippen LogP contribution in [0.25, 0.3) is 21.3 Å². The second kappa shape index (κ2) is 22.8. The summed E-state index contributed by atoms with van der Waals surface area (Å²) in [7, 11) is 0. The Morgan fingerprint density at radius 3 is 2.34 bits per heavy atom. The van der Waals surface area contributed by atoms with Crippen LogP contribution in [0.3, 0.4) is 0 Å². The Morgan fingerprint density at radius 2 is 1.66 bits per heavy atom. The minimum atomic E-state index is -1.60. The number of aryl methyl sites for hydroxylation is 1. The van der Waals surface area contributed by atoms with E-state index in [2.05, 4.69) is 20.6 Å². The number of aromatic amines is 1. The number of hydrogen-bond donors (Lipinski definition) is 4. The van der Waals surface area contributed by atoms with Crippen LogP contribution in [-0.4, -0.2) is 119 Å². The lowest BCUT2D eigenvalue weighted by Gasteiger charge is -2.43. The second-order valence-corrected chi connectivity index (χ2v) is 21.1. The van der Waals surface area contributed by atoms with Gasteiger partial charge in [0.15, 0.2) is 0 Å². The summed E-state index contributed by atoms with van der Waals surface area (Å²) in [4.78, 5) is 52.4. The number of β-amino-alcohol motifs (C(OH)–C–C–N with tert-alkyl or cyclic N) is 1. The van der Waals surface area contributed by atoms with E-state index in [1.807, 2.05) is 88.0 Å². The summed E-state index contributed by atoms with van der Waals surface area (Å²) in [5, 5.41) is 17.3. The lowest BCUT2D eigenvalue weighted by Crippen LogP contribution is -2.58. The largest absolute Gasteiger partial charge is 0.493 e. The number of likely N-dealkylation sites (tertiary alicyclic amines) is 1. The van der Waals surface area contributed by atoms with Crippen LogP contribution in [0, 0.1) is 24.0 Å². The topological polar surface area (TPSA) is 158 Å². The van der Waals surface area contributed by atoms with Crippen molar-refractivity contribution in [1.82, 2.24) is 30.4 Å². The van der Waals surface area contributed by atoms with E-state index in [0.717, 1.165) is 44.6 Å². The summed E-state index contributed by atoms with van der Waals surface area (Å²) in [6.07, 6.45) is 1.84. The minimum Gasteiger partial charge on any atom is -0.493 e. The number of amides is 3. The smallest absolute Gasteiger partial charge is 0.246 e. The molecule has 1 saturated heterocycles. The molecule has 13 nitrogen and oxygen atoms in total. The first-order valence-electron chi connectivity index (χ1n) is 24.2. The molecule has 5 atom stereocenters. The number of carbonyl (C=O) groups is 3. The predicted octanol–water partition coefficient (Wildman–Crippen LogP) is 8.35. The Kier molecular flexibility index (Phi) is 17.1. The van der Waals surface area contributed by atoms with E-state index in [1.54, 1.807) is 16.8 Å². The highest BCUT2D eigenvalue weighted by Gasteiger charge is 2.45. The van der Waals surface area contributed by atoms with Crippen molar-refractivity contribution >= 4 is 40.0 Å². The van der Waals surface area contributed by atoms with Gasteiger partial charge in [-0.05, 0) is 81.5 Å². The average Bonchev–Trinajstić information content (AvgIpc) is 4.02. The lowest BCUT2D eigenvalue weighted by molar-refractivity contribution is -0.144. The van der Waals surface area contributed by atoms with E-state index >= 15 is 13.2 Å². The van der Waals surface area contributed by atoms with Crippen molar-refractivity contribution in [1.29, 1.82) is 0 Å². The van der Waals surface area contributed by atoms with Gasteiger partial charge in [-0.1, -0.05) is 63.2 Å². The third-order valence-corrected chi connectivity index (χ3v) is 13.9. The van der Waals surface area contributed by atoms with Gasteiger partial charge in [0.05, 0.1) is 48.0 Å². The van der Waals surface area contributed by atoms with E-state index in [9.17, 15) is 19.5 Å². The molecule has 0 aliphatic carbocycles. The van der Waals surface area contributed by atoms with Crippen molar-refractivity contribution in [2.45, 2.75) is 123 Å². The molecular weight excluding hydrogens is 922 g/mol. The van der Waals surface area contributed by atoms with Gasteiger partial charge in [-0.3, -0.25) is 19.3 Å². The molecule has 0 unspecified atom stereocenters. The van der Waals surface area contributed by atoms with Crippen LogP contribution in [0.5, 0.6) is 5.75 Å². The number of thiazole rings is 1. The van der Waals surface area contributed by atoms with Crippen LogP contribution in [0.2, 0.25) is 0 Å². The molecule has 7 rings (SSSR count). The van der Waals surface area contributed by atoms with Crippen molar-refractivity contribution in [2.24, 2.45) is 5.41 Å². The molecule has 378 valence electrons. The Morgan fingerprint density at radius 1 is 0.957 bits per heavy atom. The molecule has 70 heavy (non-hydrogen) atoms. The number of H-pyrrole nitrogens is 1. The molecule has 5 aromatic rings. The van der Waals surface area contributed by atoms with Crippen molar-refractivity contribution in [3.8, 4) is 16.2 Å². The monoisotopic (exact) mass is 988 g/mol. The van der Waals surface area contributed by atoms with Crippen molar-refractivity contribution in [2.75, 3.05) is 46.1 Å². The Labute approximate surface area is 412 Å². The zero-order valence-corrected chi connectivity index (χ0v) is 42.0. The Balaban J connectivity index is 0.808. The number of unbranched alkanes of at least 4 members (excludes halogenated alkanes) is 2. The average molecular weight is 989 g/mol. The number of nitrogens with zero attached hydrogens (tertiary/aromatic N) is 3. The van der Waals surface area contributed by atoms with Crippen LogP contribution in [0.4, 0.5) is 13.2 Å². The van der Waals surface area contributed by atoms with E-state index in [-0.39, 0.29) is 75.7 Å². The summed E-state index contributed by atoms with van der Waals surface area (Å²) >= 11 is 1.56. The Hall–Kier alpha value is -5.33. The first-order valence-corrected chi connectivity index (χ1v) is 25.0. The van der Waals surface area contributed by atoms with Gasteiger partial charge in [0.2, 0.25) is 17.7 Å². The quantitative estimate of drug-likeness (QED) is 0.0531. The highest BCUT2D eigenvalue weighted by molar-refractivity contribution is 7.13. The van der Waals surface area contributed by atoms with Crippen molar-refractivity contribution < 1.29 is 46.9 Å². The van der Waals surface area contributed by atoms with Gasteiger partial charge >= 0.3 is 0 Å². The summed E-state index contributed by atoms with van der Waals surface area (Å²) in [5.74, 6) is -2.80. The fraction of sp³-hybridized carbons (Fsp3) is 0.509. The minimum absolute atomic E-state index is 0.00863. The molecule has 0 spiro atoms. The van der Waals surface area contributed by atoms with Crippen LogP contribution in [0.1, 0.15) is 101 Å². The number of alkyl halides is 1. The number of aromatic nitrogens is 2. The summed E-state index contributed by atoms with van der Waals surface area (Å²) in [6.45, 7) is 13.2. The zero-order valence-electron chi connectivity index (χ0n) is 41.2. The van der Waals surface area contributed by atoms with Crippen molar-refractivity contribution in [3.05, 3.63) is 106 Å². The number of rotatable bonds is 21. The Bertz CT molecular complexity index is 2570. The van der Waals surface area contributed by atoms with Crippen LogP contribution < -0.4 is 15.4 Å². The molecule has 1 fully saturated rings. The van der Waals surface area contributed by atoms with Crippen LogP contribution in [0.15, 0.2) is 66.2 Å². The number of aliphatic hydroxyl groups is 1. The number of aliphatic hydroxyl groups excluding tert-OH is 1. The lowest BCUT2D eigenvalue weighted by atomic mass is 9.85. The molecule has 4 heterocycles. The highest BCUT2D eigenvalue weighted by Crippen LogP contribution is 2.44.